The number of aromatic nitrogens is 4. The highest BCUT2D eigenvalue weighted by molar-refractivity contribution is 5.73. The van der Waals surface area contributed by atoms with E-state index in [0.717, 1.165) is 42.9 Å². The molecule has 1 N–H and O–H groups in total. The first kappa shape index (κ1) is 21.4. The van der Waals surface area contributed by atoms with Crippen LogP contribution >= 0.6 is 0 Å². The summed E-state index contributed by atoms with van der Waals surface area (Å²) in [5.41, 5.74) is 4.21. The fourth-order valence-electron chi connectivity index (χ4n) is 4.27. The minimum Gasteiger partial charge on any atom is -0.490 e. The van der Waals surface area contributed by atoms with Gasteiger partial charge in [-0.05, 0) is 29.2 Å². The van der Waals surface area contributed by atoms with Crippen molar-refractivity contribution < 1.29 is 9.47 Å². The molecule has 4 aromatic rings. The second kappa shape index (κ2) is 9.19. The van der Waals surface area contributed by atoms with Gasteiger partial charge in [-0.25, -0.2) is 14.8 Å². The average Bonchev–Trinajstić information content (AvgIpc) is 3.15. The third kappa shape index (κ3) is 4.54. The van der Waals surface area contributed by atoms with Crippen LogP contribution in [0.3, 0.4) is 0 Å². The molecule has 7 heteroatoms. The lowest BCUT2D eigenvalue weighted by atomic mass is 9.97. The lowest BCUT2D eigenvalue weighted by Gasteiger charge is -2.23. The van der Waals surface area contributed by atoms with Gasteiger partial charge < -0.3 is 14.5 Å². The first-order valence-electron chi connectivity index (χ1n) is 11.5. The number of imidazole rings is 1. The number of H-pyrrole nitrogens is 1. The number of aromatic amines is 1. The molecule has 7 nitrogen and oxygen atoms in total. The standard InChI is InChI=1S/C26H28N4O3/c1-17(2)21-5-3-4-6-22(21)24-27-15-23-25(29-24)30(26(31)28-23)16-18-7-9-19(10-8-18)33-20-11-13-32-14-12-20/h3-10,15,17,20H,11-14,16H2,1-2H3,(H,28,31). The van der Waals surface area contributed by atoms with E-state index in [-0.39, 0.29) is 11.8 Å². The SMILES string of the molecule is CC(C)c1ccccc1-c1ncc2[nH]c(=O)n(Cc3ccc(OC4CCOCC4)cc3)c2n1. The predicted octanol–water partition coefficient (Wildman–Crippen LogP) is 4.52. The highest BCUT2D eigenvalue weighted by Crippen LogP contribution is 2.27. The van der Waals surface area contributed by atoms with E-state index in [1.54, 1.807) is 10.8 Å². The zero-order valence-corrected chi connectivity index (χ0v) is 19.0. The van der Waals surface area contributed by atoms with Crippen molar-refractivity contribution in [2.45, 2.75) is 45.3 Å². The van der Waals surface area contributed by atoms with E-state index < -0.39 is 0 Å². The summed E-state index contributed by atoms with van der Waals surface area (Å²) in [6.45, 7) is 6.21. The van der Waals surface area contributed by atoms with Crippen molar-refractivity contribution in [2.75, 3.05) is 13.2 Å². The van der Waals surface area contributed by atoms with Crippen molar-refractivity contribution in [3.8, 4) is 17.1 Å². The molecule has 0 radical (unpaired) electrons. The first-order chi connectivity index (χ1) is 16.1. The maximum Gasteiger partial charge on any atom is 0.328 e. The smallest absolute Gasteiger partial charge is 0.328 e. The quantitative estimate of drug-likeness (QED) is 0.473. The zero-order valence-electron chi connectivity index (χ0n) is 19.0. The molecule has 0 aliphatic carbocycles. The van der Waals surface area contributed by atoms with E-state index in [9.17, 15) is 4.79 Å². The first-order valence-corrected chi connectivity index (χ1v) is 11.5. The van der Waals surface area contributed by atoms with Crippen LogP contribution in [0.1, 0.15) is 43.7 Å². The van der Waals surface area contributed by atoms with Crippen molar-refractivity contribution in [3.05, 3.63) is 76.3 Å². The summed E-state index contributed by atoms with van der Waals surface area (Å²) in [7, 11) is 0. The monoisotopic (exact) mass is 444 g/mol. The number of hydrogen-bond acceptors (Lipinski definition) is 5. The zero-order chi connectivity index (χ0) is 22.8. The highest BCUT2D eigenvalue weighted by atomic mass is 16.5. The van der Waals surface area contributed by atoms with E-state index in [1.165, 1.54) is 5.56 Å². The third-order valence-electron chi connectivity index (χ3n) is 6.07. The molecule has 0 amide bonds. The summed E-state index contributed by atoms with van der Waals surface area (Å²) in [5.74, 6) is 1.81. The van der Waals surface area contributed by atoms with Gasteiger partial charge in [0, 0.05) is 18.4 Å². The van der Waals surface area contributed by atoms with Crippen molar-refractivity contribution in [1.82, 2.24) is 19.5 Å². The molecule has 2 aromatic carbocycles. The third-order valence-corrected chi connectivity index (χ3v) is 6.07. The molecule has 1 saturated heterocycles. The molecule has 0 saturated carbocycles. The minimum atomic E-state index is -0.198. The van der Waals surface area contributed by atoms with Gasteiger partial charge in [-0.1, -0.05) is 50.2 Å². The van der Waals surface area contributed by atoms with Crippen LogP contribution in [0, 0.1) is 0 Å². The van der Waals surface area contributed by atoms with Crippen LogP contribution in [0.4, 0.5) is 0 Å². The van der Waals surface area contributed by atoms with Crippen LogP contribution in [-0.2, 0) is 11.3 Å². The maximum absolute atomic E-state index is 12.7. The second-order valence-corrected chi connectivity index (χ2v) is 8.76. The van der Waals surface area contributed by atoms with Gasteiger partial charge in [0.2, 0.25) is 0 Å². The minimum absolute atomic E-state index is 0.198. The number of benzene rings is 2. The summed E-state index contributed by atoms with van der Waals surface area (Å²) in [4.78, 5) is 24.9. The summed E-state index contributed by atoms with van der Waals surface area (Å²) < 4.78 is 13.1. The topological polar surface area (TPSA) is 82.0 Å². The van der Waals surface area contributed by atoms with Crippen molar-refractivity contribution in [3.63, 3.8) is 0 Å². The van der Waals surface area contributed by atoms with E-state index >= 15 is 0 Å². The fraction of sp³-hybridized carbons (Fsp3) is 0.346. The van der Waals surface area contributed by atoms with Gasteiger partial charge in [-0.15, -0.1) is 0 Å². The highest BCUT2D eigenvalue weighted by Gasteiger charge is 2.16. The van der Waals surface area contributed by atoms with Gasteiger partial charge in [-0.2, -0.15) is 0 Å². The van der Waals surface area contributed by atoms with Gasteiger partial charge in [0.1, 0.15) is 17.4 Å². The molecule has 1 aliphatic rings. The number of fused-ring (bicyclic) bond motifs is 1. The molecule has 5 rings (SSSR count). The number of rotatable bonds is 6. The molecular weight excluding hydrogens is 416 g/mol. The predicted molar refractivity (Wildman–Crippen MR) is 128 cm³/mol. The number of nitrogens with one attached hydrogen (secondary N) is 1. The number of hydrogen-bond donors (Lipinski definition) is 1. The molecule has 0 atom stereocenters. The van der Waals surface area contributed by atoms with Crippen LogP contribution in [-0.4, -0.2) is 38.8 Å². The summed E-state index contributed by atoms with van der Waals surface area (Å²) in [5, 5.41) is 0. The van der Waals surface area contributed by atoms with Crippen LogP contribution in [0.15, 0.2) is 59.5 Å². The molecule has 0 bridgehead atoms. The van der Waals surface area contributed by atoms with E-state index in [0.29, 0.717) is 29.5 Å². The van der Waals surface area contributed by atoms with Crippen molar-refractivity contribution in [2.24, 2.45) is 0 Å². The Morgan fingerprint density at radius 1 is 1.12 bits per heavy atom. The summed E-state index contributed by atoms with van der Waals surface area (Å²) in [6, 6.07) is 16.1. The summed E-state index contributed by atoms with van der Waals surface area (Å²) in [6.07, 6.45) is 3.71. The molecule has 2 aromatic heterocycles. The van der Waals surface area contributed by atoms with Gasteiger partial charge in [0.15, 0.2) is 11.5 Å². The van der Waals surface area contributed by atoms with Crippen molar-refractivity contribution >= 4 is 11.2 Å². The normalized spacial score (nSPS) is 14.8. The molecule has 1 fully saturated rings. The van der Waals surface area contributed by atoms with Crippen LogP contribution < -0.4 is 10.4 Å². The van der Waals surface area contributed by atoms with E-state index in [2.05, 4.69) is 29.9 Å². The lowest BCUT2D eigenvalue weighted by molar-refractivity contribution is 0.0255. The molecule has 0 spiro atoms. The Morgan fingerprint density at radius 2 is 1.88 bits per heavy atom. The molecule has 3 heterocycles. The molecular formula is C26H28N4O3. The van der Waals surface area contributed by atoms with E-state index in [4.69, 9.17) is 14.5 Å². The van der Waals surface area contributed by atoms with Crippen LogP contribution in [0.25, 0.3) is 22.6 Å². The second-order valence-electron chi connectivity index (χ2n) is 8.76. The Kier molecular flexibility index (Phi) is 5.96. The Hall–Kier alpha value is -3.45. The maximum atomic E-state index is 12.7. The van der Waals surface area contributed by atoms with Crippen molar-refractivity contribution in [1.29, 1.82) is 0 Å². The van der Waals surface area contributed by atoms with E-state index in [1.807, 2.05) is 42.5 Å². The average molecular weight is 445 g/mol. The Bertz CT molecular complexity index is 1300. The van der Waals surface area contributed by atoms with Gasteiger partial charge in [0.25, 0.3) is 0 Å². The number of nitrogens with zero attached hydrogens (tertiary/aromatic N) is 3. The van der Waals surface area contributed by atoms with Crippen LogP contribution in [0.5, 0.6) is 5.75 Å². The Labute approximate surface area is 192 Å². The summed E-state index contributed by atoms with van der Waals surface area (Å²) >= 11 is 0. The lowest BCUT2D eigenvalue weighted by Crippen LogP contribution is -2.25. The van der Waals surface area contributed by atoms with Gasteiger partial charge in [0.05, 0.1) is 26.0 Å². The largest absolute Gasteiger partial charge is 0.490 e. The van der Waals surface area contributed by atoms with Crippen LogP contribution in [0.2, 0.25) is 0 Å². The number of ether oxygens (including phenoxy) is 2. The molecule has 170 valence electrons. The Balaban J connectivity index is 1.42. The molecule has 33 heavy (non-hydrogen) atoms. The molecule has 1 aliphatic heterocycles. The molecule has 0 unspecified atom stereocenters. The van der Waals surface area contributed by atoms with Gasteiger partial charge >= 0.3 is 5.69 Å². The fourth-order valence-corrected chi connectivity index (χ4v) is 4.27. The Morgan fingerprint density at radius 3 is 2.64 bits per heavy atom. The van der Waals surface area contributed by atoms with Gasteiger partial charge in [-0.3, -0.25) is 4.57 Å².